The van der Waals surface area contributed by atoms with Crippen LogP contribution in [0.15, 0.2) is 29.4 Å². The van der Waals surface area contributed by atoms with E-state index in [0.717, 1.165) is 5.56 Å². The smallest absolute Gasteiger partial charge is 0.408 e. The summed E-state index contributed by atoms with van der Waals surface area (Å²) < 4.78 is 5.01. The van der Waals surface area contributed by atoms with Gasteiger partial charge in [0.05, 0.1) is 0 Å². The molecule has 0 bridgehead atoms. The summed E-state index contributed by atoms with van der Waals surface area (Å²) in [6, 6.07) is 6.51. The molecule has 2 amide bonds. The Hall–Kier alpha value is -2.44. The van der Waals surface area contributed by atoms with E-state index in [0.29, 0.717) is 12.2 Å². The molecule has 0 radical (unpaired) electrons. The molecule has 0 aliphatic carbocycles. The van der Waals surface area contributed by atoms with Gasteiger partial charge in [-0.2, -0.15) is 0 Å². The van der Waals surface area contributed by atoms with Crippen molar-refractivity contribution in [3.8, 4) is 0 Å². The van der Waals surface area contributed by atoms with Gasteiger partial charge < -0.3 is 15.4 Å². The summed E-state index contributed by atoms with van der Waals surface area (Å²) >= 11 is 0. The Labute approximate surface area is 123 Å². The number of ether oxygens (including phenoxy) is 1. The van der Waals surface area contributed by atoms with Crippen LogP contribution < -0.4 is 10.6 Å². The molecule has 7 heteroatoms. The van der Waals surface area contributed by atoms with Gasteiger partial charge in [0, 0.05) is 6.54 Å². The Morgan fingerprint density at radius 1 is 1.14 bits per heavy atom. The molecule has 0 heterocycles. The molecule has 1 aromatic rings. The molecule has 1 aromatic carbocycles. The van der Waals surface area contributed by atoms with Crippen molar-refractivity contribution >= 4 is 17.7 Å². The number of nitrogens with zero attached hydrogens (tertiary/aromatic N) is 1. The molecule has 0 fully saturated rings. The van der Waals surface area contributed by atoms with Crippen LogP contribution in [-0.2, 0) is 16.1 Å². The first-order chi connectivity index (χ1) is 9.80. The summed E-state index contributed by atoms with van der Waals surface area (Å²) in [5.74, 6) is -0.335. The zero-order valence-corrected chi connectivity index (χ0v) is 12.3. The average molecular weight is 293 g/mol. The standard InChI is InChI=1S/C14H19N3O4/c1-14(2,3)21-13(19)16-9-12(18)15-8-10-4-6-11(17-20)7-5-10/h4-7H,8-9H2,1-3H3,(H,15,18)(H,16,19). The number of benzene rings is 1. The van der Waals surface area contributed by atoms with Crippen molar-refractivity contribution in [1.29, 1.82) is 0 Å². The van der Waals surface area contributed by atoms with Gasteiger partial charge in [0.2, 0.25) is 5.91 Å². The van der Waals surface area contributed by atoms with Gasteiger partial charge in [0.25, 0.3) is 0 Å². The minimum Gasteiger partial charge on any atom is -0.444 e. The maximum Gasteiger partial charge on any atom is 0.408 e. The number of nitroso groups, excluding NO2 is 1. The van der Waals surface area contributed by atoms with Crippen molar-refractivity contribution in [3.63, 3.8) is 0 Å². The maximum atomic E-state index is 11.6. The topological polar surface area (TPSA) is 96.9 Å². The minimum atomic E-state index is -0.640. The Morgan fingerprint density at radius 2 is 1.76 bits per heavy atom. The monoisotopic (exact) mass is 293 g/mol. The fraction of sp³-hybridized carbons (Fsp3) is 0.429. The largest absolute Gasteiger partial charge is 0.444 e. The second-order valence-electron chi connectivity index (χ2n) is 5.39. The molecule has 114 valence electrons. The van der Waals surface area contributed by atoms with Crippen LogP contribution in [-0.4, -0.2) is 24.1 Å². The van der Waals surface area contributed by atoms with Gasteiger partial charge in [-0.3, -0.25) is 4.79 Å². The third kappa shape index (κ3) is 7.05. The molecule has 0 spiro atoms. The number of carbonyl (C=O) groups is 2. The predicted molar refractivity (Wildman–Crippen MR) is 78.0 cm³/mol. The van der Waals surface area contributed by atoms with Gasteiger partial charge in [-0.25, -0.2) is 4.79 Å². The van der Waals surface area contributed by atoms with E-state index in [1.807, 2.05) is 0 Å². The molecule has 0 aromatic heterocycles. The first-order valence-electron chi connectivity index (χ1n) is 6.46. The van der Waals surface area contributed by atoms with Crippen LogP contribution in [0.3, 0.4) is 0 Å². The lowest BCUT2D eigenvalue weighted by atomic mass is 10.2. The van der Waals surface area contributed by atoms with E-state index in [-0.39, 0.29) is 12.5 Å². The van der Waals surface area contributed by atoms with E-state index in [1.165, 1.54) is 0 Å². The van der Waals surface area contributed by atoms with E-state index in [4.69, 9.17) is 4.74 Å². The van der Waals surface area contributed by atoms with E-state index in [1.54, 1.807) is 45.0 Å². The second-order valence-corrected chi connectivity index (χ2v) is 5.39. The van der Waals surface area contributed by atoms with Crippen molar-refractivity contribution in [3.05, 3.63) is 34.7 Å². The van der Waals surface area contributed by atoms with Crippen LogP contribution in [0, 0.1) is 4.91 Å². The van der Waals surface area contributed by atoms with Crippen molar-refractivity contribution in [2.24, 2.45) is 5.18 Å². The van der Waals surface area contributed by atoms with Gasteiger partial charge in [-0.15, -0.1) is 4.91 Å². The summed E-state index contributed by atoms with van der Waals surface area (Å²) in [5, 5.41) is 7.79. The second kappa shape index (κ2) is 7.37. The Balaban J connectivity index is 2.30. The highest BCUT2D eigenvalue weighted by Crippen LogP contribution is 2.11. The zero-order valence-electron chi connectivity index (χ0n) is 12.3. The van der Waals surface area contributed by atoms with Crippen molar-refractivity contribution < 1.29 is 14.3 Å². The highest BCUT2D eigenvalue weighted by molar-refractivity contribution is 5.82. The lowest BCUT2D eigenvalue weighted by Crippen LogP contribution is -2.39. The van der Waals surface area contributed by atoms with Gasteiger partial charge >= 0.3 is 6.09 Å². The molecule has 0 aliphatic heterocycles. The summed E-state index contributed by atoms with van der Waals surface area (Å²) in [4.78, 5) is 33.2. The van der Waals surface area contributed by atoms with E-state index in [9.17, 15) is 14.5 Å². The lowest BCUT2D eigenvalue weighted by molar-refractivity contribution is -0.120. The minimum absolute atomic E-state index is 0.164. The van der Waals surface area contributed by atoms with Crippen LogP contribution in [0.5, 0.6) is 0 Å². The first-order valence-corrected chi connectivity index (χ1v) is 6.46. The van der Waals surface area contributed by atoms with Gasteiger partial charge in [0.1, 0.15) is 17.8 Å². The zero-order chi connectivity index (χ0) is 15.9. The molecule has 7 nitrogen and oxygen atoms in total. The molecule has 0 saturated heterocycles. The van der Waals surface area contributed by atoms with Crippen LogP contribution in [0.1, 0.15) is 26.3 Å². The molecule has 0 saturated carbocycles. The van der Waals surface area contributed by atoms with Gasteiger partial charge in [-0.05, 0) is 43.6 Å². The molecule has 0 atom stereocenters. The Morgan fingerprint density at radius 3 is 2.29 bits per heavy atom. The Bertz CT molecular complexity index is 506. The third-order valence-electron chi connectivity index (χ3n) is 2.32. The normalized spacial score (nSPS) is 10.6. The number of alkyl carbamates (subject to hydrolysis) is 1. The lowest BCUT2D eigenvalue weighted by Gasteiger charge is -2.19. The van der Waals surface area contributed by atoms with Gasteiger partial charge in [-0.1, -0.05) is 12.1 Å². The third-order valence-corrected chi connectivity index (χ3v) is 2.32. The Kier molecular flexibility index (Phi) is 5.83. The summed E-state index contributed by atoms with van der Waals surface area (Å²) in [6.45, 7) is 5.36. The molecule has 21 heavy (non-hydrogen) atoms. The summed E-state index contributed by atoms with van der Waals surface area (Å²) in [7, 11) is 0. The van der Waals surface area contributed by atoms with Crippen LogP contribution in [0.4, 0.5) is 10.5 Å². The quantitative estimate of drug-likeness (QED) is 0.813. The number of nitrogens with one attached hydrogen (secondary N) is 2. The molecular weight excluding hydrogens is 274 g/mol. The van der Waals surface area contributed by atoms with Gasteiger partial charge in [0.15, 0.2) is 0 Å². The van der Waals surface area contributed by atoms with Crippen LogP contribution >= 0.6 is 0 Å². The fourth-order valence-electron chi connectivity index (χ4n) is 1.40. The number of amides is 2. The predicted octanol–water partition coefficient (Wildman–Crippen LogP) is 2.23. The highest BCUT2D eigenvalue weighted by atomic mass is 16.6. The van der Waals surface area contributed by atoms with E-state index in [2.05, 4.69) is 15.8 Å². The van der Waals surface area contributed by atoms with Crippen LogP contribution in [0.25, 0.3) is 0 Å². The number of rotatable bonds is 5. The molecule has 0 unspecified atom stereocenters. The van der Waals surface area contributed by atoms with Crippen molar-refractivity contribution in [2.45, 2.75) is 32.9 Å². The van der Waals surface area contributed by atoms with Crippen molar-refractivity contribution in [1.82, 2.24) is 10.6 Å². The molecular formula is C14H19N3O4. The number of carbonyl (C=O) groups excluding carboxylic acids is 2. The maximum absolute atomic E-state index is 11.6. The molecule has 0 aliphatic rings. The number of hydrogen-bond acceptors (Lipinski definition) is 5. The summed E-state index contributed by atoms with van der Waals surface area (Å²) in [5.41, 5.74) is 0.555. The fourth-order valence-corrected chi connectivity index (χ4v) is 1.40. The van der Waals surface area contributed by atoms with E-state index >= 15 is 0 Å². The molecule has 2 N–H and O–H groups in total. The van der Waals surface area contributed by atoms with Crippen LogP contribution in [0.2, 0.25) is 0 Å². The number of hydrogen-bond donors (Lipinski definition) is 2. The highest BCUT2D eigenvalue weighted by Gasteiger charge is 2.16. The SMILES string of the molecule is CC(C)(C)OC(=O)NCC(=O)NCc1ccc(N=O)cc1. The first kappa shape index (κ1) is 16.6. The van der Waals surface area contributed by atoms with Crippen molar-refractivity contribution in [2.75, 3.05) is 6.54 Å². The van der Waals surface area contributed by atoms with E-state index < -0.39 is 11.7 Å². The average Bonchev–Trinajstić information content (AvgIpc) is 2.41. The molecule has 1 rings (SSSR count). The summed E-state index contributed by atoms with van der Waals surface area (Å²) in [6.07, 6.45) is -0.640.